The topological polar surface area (TPSA) is 110 Å². The third kappa shape index (κ3) is 6.06. The average Bonchev–Trinajstić information content (AvgIpc) is 3.37. The van der Waals surface area contributed by atoms with E-state index in [-0.39, 0.29) is 16.4 Å². The minimum absolute atomic E-state index is 0.126. The second-order valence-corrected chi connectivity index (χ2v) is 10.2. The SMILES string of the molecule is CC(C)C(NC(=O)c1ccccc1)C(=O)OCC(=O)c1ccc(S(=O)(=O)N2CCCC2)cc1. The van der Waals surface area contributed by atoms with Gasteiger partial charge in [0, 0.05) is 24.2 Å². The van der Waals surface area contributed by atoms with Crippen LogP contribution in [-0.2, 0) is 19.6 Å². The van der Waals surface area contributed by atoms with Crippen LogP contribution in [0.15, 0.2) is 59.5 Å². The Morgan fingerprint density at radius 2 is 1.55 bits per heavy atom. The smallest absolute Gasteiger partial charge is 0.329 e. The highest BCUT2D eigenvalue weighted by molar-refractivity contribution is 7.89. The molecule has 0 aromatic heterocycles. The summed E-state index contributed by atoms with van der Waals surface area (Å²) in [5.74, 6) is -1.84. The van der Waals surface area contributed by atoms with Crippen LogP contribution in [0.25, 0.3) is 0 Å². The van der Waals surface area contributed by atoms with Gasteiger partial charge in [0.25, 0.3) is 5.91 Å². The van der Waals surface area contributed by atoms with Gasteiger partial charge in [-0.3, -0.25) is 9.59 Å². The average molecular weight is 473 g/mol. The lowest BCUT2D eigenvalue weighted by atomic mass is 10.0. The van der Waals surface area contributed by atoms with Crippen LogP contribution >= 0.6 is 0 Å². The summed E-state index contributed by atoms with van der Waals surface area (Å²) in [6, 6.07) is 13.2. The second-order valence-electron chi connectivity index (χ2n) is 8.23. The first-order valence-corrected chi connectivity index (χ1v) is 12.3. The highest BCUT2D eigenvalue weighted by atomic mass is 32.2. The molecular weight excluding hydrogens is 444 g/mol. The number of ether oxygens (including phenoxy) is 1. The predicted molar refractivity (Wildman–Crippen MR) is 122 cm³/mol. The van der Waals surface area contributed by atoms with Crippen LogP contribution in [0.5, 0.6) is 0 Å². The standard InChI is InChI=1S/C24H28N2O6S/c1-17(2)22(25-23(28)19-8-4-3-5-9-19)24(29)32-16-21(27)18-10-12-20(13-11-18)33(30,31)26-14-6-7-15-26/h3-5,8-13,17,22H,6-7,14-16H2,1-2H3,(H,25,28). The van der Waals surface area contributed by atoms with Gasteiger partial charge in [-0.05, 0) is 55.2 Å². The molecule has 9 heteroatoms. The first kappa shape index (κ1) is 24.6. The summed E-state index contributed by atoms with van der Waals surface area (Å²) in [6.07, 6.45) is 1.68. The number of sulfonamides is 1. The van der Waals surface area contributed by atoms with Gasteiger partial charge >= 0.3 is 5.97 Å². The molecule has 33 heavy (non-hydrogen) atoms. The van der Waals surface area contributed by atoms with Crippen molar-refractivity contribution in [2.45, 2.75) is 37.6 Å². The van der Waals surface area contributed by atoms with Crippen LogP contribution in [0.2, 0.25) is 0 Å². The van der Waals surface area contributed by atoms with Crippen LogP contribution in [0, 0.1) is 5.92 Å². The number of benzene rings is 2. The maximum absolute atomic E-state index is 12.6. The third-order valence-corrected chi connectivity index (χ3v) is 7.38. The molecule has 0 bridgehead atoms. The van der Waals surface area contributed by atoms with Crippen molar-refractivity contribution >= 4 is 27.7 Å². The number of amides is 1. The summed E-state index contributed by atoms with van der Waals surface area (Å²) in [7, 11) is -3.57. The van der Waals surface area contributed by atoms with E-state index in [1.54, 1.807) is 44.2 Å². The number of hydrogen-bond acceptors (Lipinski definition) is 6. The lowest BCUT2D eigenvalue weighted by molar-refractivity contribution is -0.145. The van der Waals surface area contributed by atoms with Gasteiger partial charge in [-0.2, -0.15) is 4.31 Å². The van der Waals surface area contributed by atoms with Crippen molar-refractivity contribution in [1.82, 2.24) is 9.62 Å². The molecule has 0 aliphatic carbocycles. The van der Waals surface area contributed by atoms with E-state index >= 15 is 0 Å². The number of ketones is 1. The lowest BCUT2D eigenvalue weighted by Crippen LogP contribution is -2.45. The summed E-state index contributed by atoms with van der Waals surface area (Å²) < 4.78 is 31.8. The van der Waals surface area contributed by atoms with Gasteiger partial charge in [0.2, 0.25) is 10.0 Å². The van der Waals surface area contributed by atoms with Crippen LogP contribution in [0.4, 0.5) is 0 Å². The Morgan fingerprint density at radius 3 is 2.12 bits per heavy atom. The van der Waals surface area contributed by atoms with E-state index in [9.17, 15) is 22.8 Å². The molecule has 3 rings (SSSR count). The molecule has 1 N–H and O–H groups in total. The van der Waals surface area contributed by atoms with Gasteiger partial charge in [0.1, 0.15) is 6.04 Å². The normalized spacial score (nSPS) is 15.2. The zero-order valence-corrected chi connectivity index (χ0v) is 19.5. The van der Waals surface area contributed by atoms with E-state index in [4.69, 9.17) is 4.74 Å². The van der Waals surface area contributed by atoms with Crippen molar-refractivity contribution in [1.29, 1.82) is 0 Å². The van der Waals surface area contributed by atoms with Crippen molar-refractivity contribution in [3.63, 3.8) is 0 Å². The van der Waals surface area contributed by atoms with E-state index in [0.29, 0.717) is 18.7 Å². The molecule has 2 aromatic rings. The molecule has 1 atom stereocenters. The molecule has 0 saturated carbocycles. The van der Waals surface area contributed by atoms with Gasteiger partial charge in [0.05, 0.1) is 4.90 Å². The third-order valence-electron chi connectivity index (χ3n) is 5.47. The molecule has 0 spiro atoms. The van der Waals surface area contributed by atoms with Crippen molar-refractivity contribution in [3.05, 3.63) is 65.7 Å². The molecule has 8 nitrogen and oxygen atoms in total. The molecule has 176 valence electrons. The largest absolute Gasteiger partial charge is 0.456 e. The molecule has 1 heterocycles. The molecule has 2 aromatic carbocycles. The van der Waals surface area contributed by atoms with E-state index in [2.05, 4.69) is 5.32 Å². The zero-order valence-electron chi connectivity index (χ0n) is 18.7. The van der Waals surface area contributed by atoms with E-state index in [0.717, 1.165) is 12.8 Å². The molecular formula is C24H28N2O6S. The van der Waals surface area contributed by atoms with Crippen LogP contribution in [-0.4, -0.2) is 56.1 Å². The number of Topliss-reactive ketones (excluding diaryl/α,β-unsaturated/α-hetero) is 1. The molecule has 0 radical (unpaired) electrons. The molecule has 1 unspecified atom stereocenters. The van der Waals surface area contributed by atoms with Crippen molar-refractivity contribution in [2.75, 3.05) is 19.7 Å². The maximum Gasteiger partial charge on any atom is 0.329 e. The Labute approximate surface area is 194 Å². The Kier molecular flexibility index (Phi) is 7.99. The summed E-state index contributed by atoms with van der Waals surface area (Å²) in [4.78, 5) is 37.5. The monoisotopic (exact) mass is 472 g/mol. The number of carbonyl (C=O) groups excluding carboxylic acids is 3. The Morgan fingerprint density at radius 1 is 0.939 bits per heavy atom. The summed E-state index contributed by atoms with van der Waals surface area (Å²) in [5, 5.41) is 2.65. The Hall–Kier alpha value is -3.04. The number of esters is 1. The lowest BCUT2D eigenvalue weighted by Gasteiger charge is -2.20. The van der Waals surface area contributed by atoms with Crippen LogP contribution in [0.1, 0.15) is 47.4 Å². The number of carbonyl (C=O) groups is 3. The minimum atomic E-state index is -3.57. The molecule has 1 fully saturated rings. The second kappa shape index (κ2) is 10.7. The van der Waals surface area contributed by atoms with E-state index < -0.39 is 40.3 Å². The van der Waals surface area contributed by atoms with Crippen molar-refractivity contribution in [3.8, 4) is 0 Å². The van der Waals surface area contributed by atoms with Gasteiger partial charge in [-0.15, -0.1) is 0 Å². The first-order chi connectivity index (χ1) is 15.7. The van der Waals surface area contributed by atoms with Crippen LogP contribution in [0.3, 0.4) is 0 Å². The van der Waals surface area contributed by atoms with Gasteiger partial charge < -0.3 is 10.1 Å². The van der Waals surface area contributed by atoms with Crippen molar-refractivity contribution < 1.29 is 27.5 Å². The van der Waals surface area contributed by atoms with Gasteiger partial charge in [-0.25, -0.2) is 13.2 Å². The highest BCUT2D eigenvalue weighted by Crippen LogP contribution is 2.21. The fraction of sp³-hybridized carbons (Fsp3) is 0.375. The van der Waals surface area contributed by atoms with Crippen LogP contribution < -0.4 is 5.32 Å². The molecule has 1 aliphatic heterocycles. The molecule has 1 amide bonds. The summed E-state index contributed by atoms with van der Waals surface area (Å²) >= 11 is 0. The van der Waals surface area contributed by atoms with Gasteiger partial charge in [-0.1, -0.05) is 32.0 Å². The van der Waals surface area contributed by atoms with Gasteiger partial charge in [0.15, 0.2) is 12.4 Å². The quantitative estimate of drug-likeness (QED) is 0.444. The Bertz CT molecular complexity index is 1090. The summed E-state index contributed by atoms with van der Waals surface area (Å²) in [5.41, 5.74) is 0.647. The Balaban J connectivity index is 1.59. The number of rotatable bonds is 9. The first-order valence-electron chi connectivity index (χ1n) is 10.9. The minimum Gasteiger partial charge on any atom is -0.456 e. The number of nitrogens with one attached hydrogen (secondary N) is 1. The molecule has 1 aliphatic rings. The molecule has 1 saturated heterocycles. The summed E-state index contributed by atoms with van der Waals surface area (Å²) in [6.45, 7) is 4.01. The zero-order chi connectivity index (χ0) is 24.0. The fourth-order valence-electron chi connectivity index (χ4n) is 3.51. The number of hydrogen-bond donors (Lipinski definition) is 1. The van der Waals surface area contributed by atoms with E-state index in [1.165, 1.54) is 28.6 Å². The van der Waals surface area contributed by atoms with E-state index in [1.807, 2.05) is 0 Å². The fourth-order valence-corrected chi connectivity index (χ4v) is 5.03. The van der Waals surface area contributed by atoms with Crippen molar-refractivity contribution in [2.24, 2.45) is 5.92 Å². The maximum atomic E-state index is 12.6. The number of nitrogens with zero attached hydrogens (tertiary/aromatic N) is 1. The highest BCUT2D eigenvalue weighted by Gasteiger charge is 2.28. The predicted octanol–water partition coefficient (Wildman–Crippen LogP) is 2.65.